The highest BCUT2D eigenvalue weighted by Crippen LogP contribution is 2.28. The molecule has 1 aromatic rings. The Morgan fingerprint density at radius 3 is 2.67 bits per heavy atom. The van der Waals surface area contributed by atoms with Crippen LogP contribution in [0.2, 0.25) is 0 Å². The molecule has 0 aliphatic carbocycles. The first-order valence-corrected chi connectivity index (χ1v) is 6.05. The Balaban J connectivity index is 2.65. The van der Waals surface area contributed by atoms with E-state index >= 15 is 0 Å². The molecule has 0 aliphatic heterocycles. The van der Waals surface area contributed by atoms with Crippen molar-refractivity contribution in [2.75, 3.05) is 0 Å². The smallest absolute Gasteiger partial charge is 0.0402 e. The van der Waals surface area contributed by atoms with Gasteiger partial charge < -0.3 is 5.73 Å². The third kappa shape index (κ3) is 2.71. The lowest BCUT2D eigenvalue weighted by molar-refractivity contribution is 0.514. The Morgan fingerprint density at radius 1 is 1.58 bits per heavy atom. The second kappa shape index (κ2) is 4.58. The minimum atomic E-state index is 0.233. The molecule has 1 nitrogen and oxygen atoms in total. The number of halogens is 1. The summed E-state index contributed by atoms with van der Waals surface area (Å²) in [6.45, 7) is 4.42. The van der Waals surface area contributed by atoms with E-state index in [1.54, 1.807) is 11.3 Å². The van der Waals surface area contributed by atoms with Gasteiger partial charge in [-0.3, -0.25) is 0 Å². The maximum atomic E-state index is 6.05. The molecular formula is C9H14INS. The van der Waals surface area contributed by atoms with Crippen molar-refractivity contribution < 1.29 is 0 Å². The first kappa shape index (κ1) is 10.5. The summed E-state index contributed by atoms with van der Waals surface area (Å²) in [5, 5.41) is 2.11. The standard InChI is InChI=1S/C9H14INS/c1-6(2)5-8(11)9-7(10)3-4-12-9/h3-4,6,8H,5,11H2,1-2H3. The van der Waals surface area contributed by atoms with Crippen molar-refractivity contribution in [3.05, 3.63) is 19.9 Å². The summed E-state index contributed by atoms with van der Waals surface area (Å²) in [6, 6.07) is 2.36. The number of rotatable bonds is 3. The van der Waals surface area contributed by atoms with Gasteiger partial charge in [0.25, 0.3) is 0 Å². The lowest BCUT2D eigenvalue weighted by Gasteiger charge is -2.12. The second-order valence-corrected chi connectivity index (χ2v) is 5.48. The van der Waals surface area contributed by atoms with Crippen molar-refractivity contribution in [3.63, 3.8) is 0 Å². The van der Waals surface area contributed by atoms with E-state index in [0.29, 0.717) is 5.92 Å². The molecule has 0 aliphatic rings. The minimum absolute atomic E-state index is 0.233. The summed E-state index contributed by atoms with van der Waals surface area (Å²) in [4.78, 5) is 1.34. The van der Waals surface area contributed by atoms with Crippen LogP contribution in [0, 0.1) is 9.49 Å². The average molecular weight is 295 g/mol. The van der Waals surface area contributed by atoms with Gasteiger partial charge in [-0.25, -0.2) is 0 Å². The molecule has 0 saturated heterocycles. The minimum Gasteiger partial charge on any atom is -0.323 e. The van der Waals surface area contributed by atoms with Crippen LogP contribution in [0.1, 0.15) is 31.2 Å². The lowest BCUT2D eigenvalue weighted by Crippen LogP contribution is -2.12. The maximum Gasteiger partial charge on any atom is 0.0402 e. The van der Waals surface area contributed by atoms with Crippen molar-refractivity contribution in [2.45, 2.75) is 26.3 Å². The van der Waals surface area contributed by atoms with E-state index in [1.807, 2.05) is 0 Å². The van der Waals surface area contributed by atoms with Gasteiger partial charge in [-0.05, 0) is 46.4 Å². The van der Waals surface area contributed by atoms with E-state index in [4.69, 9.17) is 5.73 Å². The predicted octanol–water partition coefficient (Wildman–Crippen LogP) is 3.40. The van der Waals surface area contributed by atoms with Gasteiger partial charge in [0.2, 0.25) is 0 Å². The molecule has 0 spiro atoms. The molecular weight excluding hydrogens is 281 g/mol. The predicted molar refractivity (Wildman–Crippen MR) is 63.4 cm³/mol. The molecule has 2 N–H and O–H groups in total. The van der Waals surface area contributed by atoms with E-state index in [9.17, 15) is 0 Å². The molecule has 0 bridgehead atoms. The van der Waals surface area contributed by atoms with E-state index in [-0.39, 0.29) is 6.04 Å². The van der Waals surface area contributed by atoms with Crippen molar-refractivity contribution >= 4 is 33.9 Å². The van der Waals surface area contributed by atoms with Crippen molar-refractivity contribution in [1.29, 1.82) is 0 Å². The Hall–Kier alpha value is 0.390. The fraction of sp³-hybridized carbons (Fsp3) is 0.556. The quantitative estimate of drug-likeness (QED) is 0.850. The Kier molecular flexibility index (Phi) is 3.99. The van der Waals surface area contributed by atoms with E-state index in [2.05, 4.69) is 47.9 Å². The van der Waals surface area contributed by atoms with Crippen LogP contribution < -0.4 is 5.73 Å². The molecule has 1 rings (SSSR count). The molecule has 0 aromatic carbocycles. The number of hydrogen-bond donors (Lipinski definition) is 1. The zero-order valence-corrected chi connectivity index (χ0v) is 10.4. The van der Waals surface area contributed by atoms with Crippen LogP contribution in [-0.2, 0) is 0 Å². The fourth-order valence-electron chi connectivity index (χ4n) is 1.18. The SMILES string of the molecule is CC(C)CC(N)c1sccc1I. The van der Waals surface area contributed by atoms with Crippen LogP contribution in [0.5, 0.6) is 0 Å². The van der Waals surface area contributed by atoms with Gasteiger partial charge in [0, 0.05) is 14.5 Å². The van der Waals surface area contributed by atoms with Gasteiger partial charge >= 0.3 is 0 Å². The van der Waals surface area contributed by atoms with Crippen LogP contribution in [0.15, 0.2) is 11.4 Å². The molecule has 0 fully saturated rings. The zero-order valence-electron chi connectivity index (χ0n) is 7.38. The van der Waals surface area contributed by atoms with Crippen molar-refractivity contribution in [2.24, 2.45) is 11.7 Å². The Labute approximate surface area is 91.5 Å². The molecule has 0 radical (unpaired) electrons. The van der Waals surface area contributed by atoms with Gasteiger partial charge in [-0.1, -0.05) is 13.8 Å². The van der Waals surface area contributed by atoms with Gasteiger partial charge in [-0.15, -0.1) is 11.3 Å². The lowest BCUT2D eigenvalue weighted by atomic mass is 10.0. The topological polar surface area (TPSA) is 26.0 Å². The number of thiophene rings is 1. The zero-order chi connectivity index (χ0) is 9.14. The molecule has 0 saturated carbocycles. The second-order valence-electron chi connectivity index (χ2n) is 3.37. The third-order valence-electron chi connectivity index (χ3n) is 1.71. The van der Waals surface area contributed by atoms with Crippen molar-refractivity contribution in [3.8, 4) is 0 Å². The summed E-state index contributed by atoms with van der Waals surface area (Å²) >= 11 is 4.12. The summed E-state index contributed by atoms with van der Waals surface area (Å²) in [5.74, 6) is 0.679. The first-order valence-electron chi connectivity index (χ1n) is 4.09. The highest BCUT2D eigenvalue weighted by molar-refractivity contribution is 14.1. The summed E-state index contributed by atoms with van der Waals surface area (Å²) in [5.41, 5.74) is 6.05. The monoisotopic (exact) mass is 295 g/mol. The van der Waals surface area contributed by atoms with E-state index < -0.39 is 0 Å². The molecule has 68 valence electrons. The van der Waals surface area contributed by atoms with Crippen LogP contribution in [0.25, 0.3) is 0 Å². The van der Waals surface area contributed by atoms with Crippen LogP contribution >= 0.6 is 33.9 Å². The first-order chi connectivity index (χ1) is 5.61. The van der Waals surface area contributed by atoms with Crippen molar-refractivity contribution in [1.82, 2.24) is 0 Å². The van der Waals surface area contributed by atoms with Crippen LogP contribution in [-0.4, -0.2) is 0 Å². The summed E-state index contributed by atoms with van der Waals surface area (Å²) < 4.78 is 1.31. The summed E-state index contributed by atoms with van der Waals surface area (Å²) in [6.07, 6.45) is 1.08. The van der Waals surface area contributed by atoms with Gasteiger partial charge in [-0.2, -0.15) is 0 Å². The van der Waals surface area contributed by atoms with Crippen LogP contribution in [0.3, 0.4) is 0 Å². The Morgan fingerprint density at radius 2 is 2.25 bits per heavy atom. The highest BCUT2D eigenvalue weighted by atomic mass is 127. The Bertz CT molecular complexity index is 244. The number of hydrogen-bond acceptors (Lipinski definition) is 2. The van der Waals surface area contributed by atoms with Gasteiger partial charge in [0.05, 0.1) is 0 Å². The number of nitrogens with two attached hydrogens (primary N) is 1. The molecule has 1 atom stereocenters. The molecule has 1 unspecified atom stereocenters. The largest absolute Gasteiger partial charge is 0.323 e. The molecule has 1 aromatic heterocycles. The van der Waals surface area contributed by atoms with Crippen LogP contribution in [0.4, 0.5) is 0 Å². The average Bonchev–Trinajstić information content (AvgIpc) is 2.33. The normalized spacial score (nSPS) is 13.8. The molecule has 1 heterocycles. The maximum absolute atomic E-state index is 6.05. The van der Waals surface area contributed by atoms with Gasteiger partial charge in [0.1, 0.15) is 0 Å². The van der Waals surface area contributed by atoms with E-state index in [1.165, 1.54) is 8.45 Å². The van der Waals surface area contributed by atoms with Gasteiger partial charge in [0.15, 0.2) is 0 Å². The fourth-order valence-corrected chi connectivity index (χ4v) is 3.19. The highest BCUT2D eigenvalue weighted by Gasteiger charge is 2.12. The third-order valence-corrected chi connectivity index (χ3v) is 4.06. The molecule has 3 heteroatoms. The van der Waals surface area contributed by atoms with E-state index in [0.717, 1.165) is 6.42 Å². The summed E-state index contributed by atoms with van der Waals surface area (Å²) in [7, 11) is 0. The molecule has 0 amide bonds. The molecule has 12 heavy (non-hydrogen) atoms.